The maximum Gasteiger partial charge on any atom is 0.269 e. The van der Waals surface area contributed by atoms with Crippen molar-refractivity contribution in [3.8, 4) is 11.4 Å². The SMILES string of the molecule is O=C(CSc1nnc(-c2ccc(F)cc2)n1CCN1CCOCC1)Nc1ccc([N+](=O)[O-])cc1. The van der Waals surface area contributed by atoms with Crippen LogP contribution in [0.5, 0.6) is 0 Å². The minimum absolute atomic E-state index is 0.0472. The molecule has 0 unspecified atom stereocenters. The average molecular weight is 487 g/mol. The van der Waals surface area contributed by atoms with Gasteiger partial charge in [0, 0.05) is 49.6 Å². The number of amides is 1. The van der Waals surface area contributed by atoms with E-state index in [1.54, 1.807) is 12.1 Å². The molecule has 2 aromatic carbocycles. The summed E-state index contributed by atoms with van der Waals surface area (Å²) >= 11 is 1.24. The quantitative estimate of drug-likeness (QED) is 0.279. The number of nitrogens with one attached hydrogen (secondary N) is 1. The number of carbonyl (C=O) groups is 1. The highest BCUT2D eigenvalue weighted by Crippen LogP contribution is 2.25. The first kappa shape index (κ1) is 23.8. The molecule has 0 atom stereocenters. The zero-order valence-corrected chi connectivity index (χ0v) is 19.0. The molecule has 34 heavy (non-hydrogen) atoms. The normalized spacial score (nSPS) is 14.1. The van der Waals surface area contributed by atoms with Crippen LogP contribution in [0.15, 0.2) is 53.7 Å². The summed E-state index contributed by atoms with van der Waals surface area (Å²) < 4.78 is 20.7. The Labute approximate surface area is 199 Å². The lowest BCUT2D eigenvalue weighted by Crippen LogP contribution is -2.38. The van der Waals surface area contributed by atoms with Crippen LogP contribution in [0.2, 0.25) is 0 Å². The zero-order chi connectivity index (χ0) is 23.9. The second kappa shape index (κ2) is 11.2. The molecule has 1 aromatic heterocycles. The van der Waals surface area contributed by atoms with E-state index in [2.05, 4.69) is 20.4 Å². The average Bonchev–Trinajstić information content (AvgIpc) is 3.25. The second-order valence-electron chi connectivity index (χ2n) is 7.56. The molecule has 10 nitrogen and oxygen atoms in total. The fourth-order valence-corrected chi connectivity index (χ4v) is 4.23. The lowest BCUT2D eigenvalue weighted by atomic mass is 10.2. The number of hydrogen-bond donors (Lipinski definition) is 1. The maximum atomic E-state index is 13.4. The number of morpholine rings is 1. The van der Waals surface area contributed by atoms with Crippen molar-refractivity contribution >= 4 is 29.0 Å². The standard InChI is InChI=1S/C22H23FN6O4S/c23-17-3-1-16(2-4-17)21-25-26-22(28(21)10-9-27-11-13-33-14-12-27)34-15-20(30)24-18-5-7-19(8-6-18)29(31)32/h1-8H,9-15H2,(H,24,30). The van der Waals surface area contributed by atoms with Crippen molar-refractivity contribution in [1.82, 2.24) is 19.7 Å². The van der Waals surface area contributed by atoms with Gasteiger partial charge >= 0.3 is 0 Å². The van der Waals surface area contributed by atoms with Crippen molar-refractivity contribution in [2.24, 2.45) is 0 Å². The third kappa shape index (κ3) is 6.16. The molecule has 12 heteroatoms. The number of aromatic nitrogens is 3. The molecule has 1 aliphatic heterocycles. The number of anilines is 1. The molecule has 0 spiro atoms. The molecule has 0 aliphatic carbocycles. The van der Waals surface area contributed by atoms with Gasteiger partial charge in [-0.2, -0.15) is 0 Å². The maximum absolute atomic E-state index is 13.4. The van der Waals surface area contributed by atoms with Gasteiger partial charge in [-0.25, -0.2) is 4.39 Å². The molecule has 178 valence electrons. The van der Waals surface area contributed by atoms with Gasteiger partial charge in [0.1, 0.15) is 5.82 Å². The molecule has 0 radical (unpaired) electrons. The van der Waals surface area contributed by atoms with E-state index in [-0.39, 0.29) is 23.2 Å². The summed E-state index contributed by atoms with van der Waals surface area (Å²) in [5.74, 6) is 0.0768. The fourth-order valence-electron chi connectivity index (χ4n) is 3.47. The Bertz CT molecular complexity index is 1130. The predicted molar refractivity (Wildman–Crippen MR) is 125 cm³/mol. The Balaban J connectivity index is 1.44. The Morgan fingerprint density at radius 1 is 1.09 bits per heavy atom. The van der Waals surface area contributed by atoms with Gasteiger partial charge in [0.15, 0.2) is 11.0 Å². The summed E-state index contributed by atoms with van der Waals surface area (Å²) in [6.07, 6.45) is 0. The highest BCUT2D eigenvalue weighted by Gasteiger charge is 2.18. The molecule has 1 N–H and O–H groups in total. The summed E-state index contributed by atoms with van der Waals surface area (Å²) in [5, 5.41) is 22.6. The first-order valence-electron chi connectivity index (χ1n) is 10.7. The van der Waals surface area contributed by atoms with Gasteiger partial charge in [0.2, 0.25) is 5.91 Å². The van der Waals surface area contributed by atoms with E-state index in [0.29, 0.717) is 36.4 Å². The predicted octanol–water partition coefficient (Wildman–Crippen LogP) is 3.06. The largest absolute Gasteiger partial charge is 0.379 e. The lowest BCUT2D eigenvalue weighted by Gasteiger charge is -2.27. The highest BCUT2D eigenvalue weighted by molar-refractivity contribution is 7.99. The molecular formula is C22H23FN6O4S. The van der Waals surface area contributed by atoms with E-state index in [0.717, 1.165) is 25.2 Å². The summed E-state index contributed by atoms with van der Waals surface area (Å²) in [6, 6.07) is 11.7. The van der Waals surface area contributed by atoms with E-state index < -0.39 is 4.92 Å². The topological polar surface area (TPSA) is 115 Å². The van der Waals surface area contributed by atoms with Gasteiger partial charge in [-0.1, -0.05) is 11.8 Å². The third-order valence-corrected chi connectivity index (χ3v) is 6.22. The molecule has 3 aromatic rings. The number of nitro benzene ring substituents is 1. The van der Waals surface area contributed by atoms with E-state index in [1.807, 2.05) is 4.57 Å². The van der Waals surface area contributed by atoms with Crippen LogP contribution < -0.4 is 5.32 Å². The molecule has 1 amide bonds. The molecule has 4 rings (SSSR count). The number of thioether (sulfide) groups is 1. The Morgan fingerprint density at radius 3 is 2.47 bits per heavy atom. The number of benzene rings is 2. The summed E-state index contributed by atoms with van der Waals surface area (Å²) in [5.41, 5.74) is 1.16. The highest BCUT2D eigenvalue weighted by atomic mass is 32.2. The van der Waals surface area contributed by atoms with E-state index in [1.165, 1.54) is 48.2 Å². The molecule has 1 saturated heterocycles. The van der Waals surface area contributed by atoms with Crippen LogP contribution in [-0.2, 0) is 16.1 Å². The van der Waals surface area contributed by atoms with E-state index in [9.17, 15) is 19.3 Å². The van der Waals surface area contributed by atoms with Crippen molar-refractivity contribution in [3.05, 3.63) is 64.5 Å². The van der Waals surface area contributed by atoms with Crippen molar-refractivity contribution < 1.29 is 18.8 Å². The zero-order valence-electron chi connectivity index (χ0n) is 18.2. The van der Waals surface area contributed by atoms with Crippen molar-refractivity contribution in [2.45, 2.75) is 11.7 Å². The van der Waals surface area contributed by atoms with Gasteiger partial charge in [-0.05, 0) is 36.4 Å². The summed E-state index contributed by atoms with van der Waals surface area (Å²) in [6.45, 7) is 4.43. The van der Waals surface area contributed by atoms with Crippen molar-refractivity contribution in [3.63, 3.8) is 0 Å². The molecule has 0 saturated carbocycles. The Kier molecular flexibility index (Phi) is 7.83. The van der Waals surface area contributed by atoms with E-state index >= 15 is 0 Å². The molecular weight excluding hydrogens is 463 g/mol. The van der Waals surface area contributed by atoms with Gasteiger partial charge in [0.25, 0.3) is 5.69 Å². The number of halogens is 1. The van der Waals surface area contributed by atoms with Crippen LogP contribution in [0.4, 0.5) is 15.8 Å². The van der Waals surface area contributed by atoms with Gasteiger partial charge in [-0.15, -0.1) is 10.2 Å². The minimum Gasteiger partial charge on any atom is -0.379 e. The Hall–Kier alpha value is -3.35. The number of ether oxygens (including phenoxy) is 1. The second-order valence-corrected chi connectivity index (χ2v) is 8.50. The molecule has 1 fully saturated rings. The number of non-ortho nitro benzene ring substituents is 1. The van der Waals surface area contributed by atoms with Crippen LogP contribution >= 0.6 is 11.8 Å². The number of rotatable bonds is 9. The molecule has 1 aliphatic rings. The van der Waals surface area contributed by atoms with Gasteiger partial charge in [0.05, 0.1) is 23.9 Å². The summed E-state index contributed by atoms with van der Waals surface area (Å²) in [7, 11) is 0. The van der Waals surface area contributed by atoms with Gasteiger partial charge in [-0.3, -0.25) is 19.8 Å². The monoisotopic (exact) mass is 486 g/mol. The van der Waals surface area contributed by atoms with Crippen molar-refractivity contribution in [1.29, 1.82) is 0 Å². The minimum atomic E-state index is -0.496. The number of nitrogens with zero attached hydrogens (tertiary/aromatic N) is 5. The van der Waals surface area contributed by atoms with Crippen LogP contribution in [0.1, 0.15) is 0 Å². The third-order valence-electron chi connectivity index (χ3n) is 5.26. The van der Waals surface area contributed by atoms with Crippen LogP contribution in [0.25, 0.3) is 11.4 Å². The molecule has 0 bridgehead atoms. The summed E-state index contributed by atoms with van der Waals surface area (Å²) in [4.78, 5) is 25.0. The van der Waals surface area contributed by atoms with Crippen molar-refractivity contribution in [2.75, 3.05) is 43.9 Å². The lowest BCUT2D eigenvalue weighted by molar-refractivity contribution is -0.384. The fraction of sp³-hybridized carbons (Fsp3) is 0.318. The Morgan fingerprint density at radius 2 is 1.79 bits per heavy atom. The van der Waals surface area contributed by atoms with Crippen LogP contribution in [0, 0.1) is 15.9 Å². The molecule has 2 heterocycles. The first-order valence-corrected chi connectivity index (χ1v) is 11.6. The number of hydrogen-bond acceptors (Lipinski definition) is 8. The number of carbonyl (C=O) groups excluding carboxylic acids is 1. The van der Waals surface area contributed by atoms with Crippen LogP contribution in [-0.4, -0.2) is 69.1 Å². The number of nitro groups is 1. The van der Waals surface area contributed by atoms with Gasteiger partial charge < -0.3 is 14.6 Å². The first-order chi connectivity index (χ1) is 16.5. The van der Waals surface area contributed by atoms with E-state index in [4.69, 9.17) is 4.74 Å². The van der Waals surface area contributed by atoms with Crippen LogP contribution in [0.3, 0.4) is 0 Å². The smallest absolute Gasteiger partial charge is 0.269 e.